The molecule has 2 aliphatic rings. The van der Waals surface area contributed by atoms with Crippen molar-refractivity contribution >= 4 is 32.5 Å². The lowest BCUT2D eigenvalue weighted by molar-refractivity contribution is 0.232. The van der Waals surface area contributed by atoms with Crippen LogP contribution in [0.2, 0.25) is 0 Å². The number of sulfonamides is 1. The predicted molar refractivity (Wildman–Crippen MR) is 199 cm³/mol. The molecule has 8 nitrogen and oxygen atoms in total. The van der Waals surface area contributed by atoms with E-state index in [1.165, 1.54) is 29.7 Å². The van der Waals surface area contributed by atoms with Crippen LogP contribution in [0, 0.1) is 5.92 Å². The smallest absolute Gasteiger partial charge is 0.236 e. The average Bonchev–Trinajstić information content (AvgIpc) is 3.05. The van der Waals surface area contributed by atoms with E-state index in [1.807, 2.05) is 19.1 Å². The summed E-state index contributed by atoms with van der Waals surface area (Å²) >= 11 is 1.66. The molecular formula is C36H60N6O2S2. The summed E-state index contributed by atoms with van der Waals surface area (Å²) in [4.78, 5) is 17.2. The SMILES string of the molecule is CCCC.C\C=C/C(=C\C=C(/C)S(=O)(=O)NC1CCC(CCCN(C)[C@@H](C)CC2=C(CCC)CN=C(N)S2)CC1)c1ncccn1. The van der Waals surface area contributed by atoms with E-state index in [0.29, 0.717) is 27.9 Å². The van der Waals surface area contributed by atoms with Crippen LogP contribution in [0.3, 0.4) is 0 Å². The lowest BCUT2D eigenvalue weighted by Crippen LogP contribution is -2.38. The Balaban J connectivity index is 0.00000173. The molecule has 258 valence electrons. The van der Waals surface area contributed by atoms with Crippen LogP contribution in [-0.4, -0.2) is 60.7 Å². The zero-order chi connectivity index (χ0) is 34.0. The molecule has 1 aromatic rings. The lowest BCUT2D eigenvalue weighted by atomic mass is 9.84. The molecule has 1 aliphatic carbocycles. The fourth-order valence-corrected chi connectivity index (χ4v) is 7.61. The number of hydrogen-bond acceptors (Lipinski definition) is 8. The fraction of sp³-hybridized carbons (Fsp3) is 0.639. The summed E-state index contributed by atoms with van der Waals surface area (Å²) in [5.74, 6) is 1.22. The van der Waals surface area contributed by atoms with Gasteiger partial charge in [0.15, 0.2) is 11.0 Å². The quantitative estimate of drug-likeness (QED) is 0.170. The number of aromatic nitrogens is 2. The van der Waals surface area contributed by atoms with Crippen molar-refractivity contribution in [1.82, 2.24) is 19.6 Å². The Morgan fingerprint density at radius 3 is 2.39 bits per heavy atom. The van der Waals surface area contributed by atoms with Gasteiger partial charge in [0.1, 0.15) is 0 Å². The van der Waals surface area contributed by atoms with Gasteiger partial charge < -0.3 is 10.6 Å². The molecule has 1 saturated carbocycles. The maximum absolute atomic E-state index is 13.0. The van der Waals surface area contributed by atoms with Gasteiger partial charge in [-0.05, 0) is 114 Å². The van der Waals surface area contributed by atoms with Crippen molar-refractivity contribution in [1.29, 1.82) is 0 Å². The van der Waals surface area contributed by atoms with Gasteiger partial charge >= 0.3 is 0 Å². The standard InChI is InChI=1S/C32H50N6O2S2.C4H10/c1-6-10-27(31-34-19-9-20-35-31)16-13-25(4)42(39,40)37-29-17-14-26(15-18-29)12-8-21-38(5)24(3)22-30-28(11-7-2)23-36-32(33)41-30;1-3-4-2/h6,9-10,13,16,19-20,24,26,29,37H,7-8,11-12,14-15,17-18,21-23H2,1-5H3,(H2,33,36);3-4H2,1-2H3/b10-6-,25-13+,27-16+;/t24-,26?,29?;/m0./s1. The summed E-state index contributed by atoms with van der Waals surface area (Å²) in [6, 6.07) is 2.20. The second-order valence-electron chi connectivity index (χ2n) is 12.5. The van der Waals surface area contributed by atoms with Gasteiger partial charge in [-0.25, -0.2) is 23.1 Å². The van der Waals surface area contributed by atoms with E-state index in [-0.39, 0.29) is 6.04 Å². The summed E-state index contributed by atoms with van der Waals surface area (Å²) in [7, 11) is -1.33. The number of hydrogen-bond donors (Lipinski definition) is 2. The molecule has 10 heteroatoms. The Bertz CT molecular complexity index is 1290. The van der Waals surface area contributed by atoms with Crippen LogP contribution >= 0.6 is 11.8 Å². The predicted octanol–water partition coefficient (Wildman–Crippen LogP) is 8.23. The number of rotatable bonds is 16. The summed E-state index contributed by atoms with van der Waals surface area (Å²) < 4.78 is 29.0. The third-order valence-electron chi connectivity index (χ3n) is 8.72. The van der Waals surface area contributed by atoms with E-state index in [0.717, 1.165) is 70.0 Å². The molecule has 2 heterocycles. The van der Waals surface area contributed by atoms with Gasteiger partial charge in [0.2, 0.25) is 10.0 Å². The second-order valence-corrected chi connectivity index (χ2v) is 15.5. The van der Waals surface area contributed by atoms with Crippen molar-refractivity contribution in [2.45, 2.75) is 124 Å². The molecule has 0 radical (unpaired) electrons. The zero-order valence-electron chi connectivity index (χ0n) is 29.5. The van der Waals surface area contributed by atoms with Crippen LogP contribution in [-0.2, 0) is 10.0 Å². The topological polar surface area (TPSA) is 114 Å². The van der Waals surface area contributed by atoms with Crippen molar-refractivity contribution < 1.29 is 8.42 Å². The molecule has 1 aliphatic heterocycles. The number of unbranched alkanes of at least 4 members (excludes halogenated alkanes) is 1. The van der Waals surface area contributed by atoms with Crippen molar-refractivity contribution in [3.63, 3.8) is 0 Å². The van der Waals surface area contributed by atoms with Crippen LogP contribution in [0.1, 0.15) is 118 Å². The Morgan fingerprint density at radius 2 is 1.78 bits per heavy atom. The highest BCUT2D eigenvalue weighted by molar-refractivity contribution is 8.17. The number of allylic oxidation sites excluding steroid dienone is 6. The van der Waals surface area contributed by atoms with Gasteiger partial charge in [-0.1, -0.05) is 70.0 Å². The molecule has 1 atom stereocenters. The van der Waals surface area contributed by atoms with E-state index in [4.69, 9.17) is 5.73 Å². The van der Waals surface area contributed by atoms with Crippen molar-refractivity contribution in [3.8, 4) is 0 Å². The molecule has 0 unspecified atom stereocenters. The Kier molecular flexibility index (Phi) is 18.7. The summed E-state index contributed by atoms with van der Waals surface area (Å²) in [6.07, 6.45) is 22.7. The van der Waals surface area contributed by atoms with Gasteiger partial charge in [-0.3, -0.25) is 4.99 Å². The summed E-state index contributed by atoms with van der Waals surface area (Å²) in [5, 5.41) is 0.692. The van der Waals surface area contributed by atoms with Crippen LogP contribution < -0.4 is 10.5 Å². The average molecular weight is 673 g/mol. The monoisotopic (exact) mass is 672 g/mol. The molecule has 3 rings (SSSR count). The van der Waals surface area contributed by atoms with Crippen molar-refractivity contribution in [3.05, 3.63) is 64.0 Å². The number of thioether (sulfide) groups is 1. The minimum atomic E-state index is -3.56. The van der Waals surface area contributed by atoms with E-state index in [9.17, 15) is 8.42 Å². The molecule has 1 aromatic heterocycles. The first kappa shape index (κ1) is 39.9. The Morgan fingerprint density at radius 1 is 1.11 bits per heavy atom. The molecule has 0 aromatic carbocycles. The minimum absolute atomic E-state index is 0.0108. The summed E-state index contributed by atoms with van der Waals surface area (Å²) in [6.45, 7) is 14.3. The highest BCUT2D eigenvalue weighted by atomic mass is 32.2. The molecule has 46 heavy (non-hydrogen) atoms. The second kappa shape index (κ2) is 21.6. The highest BCUT2D eigenvalue weighted by Crippen LogP contribution is 2.32. The van der Waals surface area contributed by atoms with Crippen LogP contribution in [0.15, 0.2) is 63.1 Å². The van der Waals surface area contributed by atoms with Crippen LogP contribution in [0.4, 0.5) is 0 Å². The van der Waals surface area contributed by atoms with Gasteiger partial charge in [0.25, 0.3) is 0 Å². The maximum atomic E-state index is 13.0. The Labute approximate surface area is 284 Å². The third kappa shape index (κ3) is 14.2. The number of nitrogens with zero attached hydrogens (tertiary/aromatic N) is 4. The van der Waals surface area contributed by atoms with E-state index in [2.05, 4.69) is 59.3 Å². The first-order valence-corrected chi connectivity index (χ1v) is 19.5. The third-order valence-corrected chi connectivity index (χ3v) is 11.4. The van der Waals surface area contributed by atoms with Gasteiger partial charge in [-0.15, -0.1) is 0 Å². The van der Waals surface area contributed by atoms with Gasteiger partial charge in [0, 0.05) is 30.1 Å². The normalized spacial score (nSPS) is 20.5. The minimum Gasteiger partial charge on any atom is -0.378 e. The molecule has 0 spiro atoms. The van der Waals surface area contributed by atoms with Gasteiger partial charge in [0.05, 0.1) is 11.4 Å². The summed E-state index contributed by atoms with van der Waals surface area (Å²) in [5.41, 5.74) is 8.24. The number of nitrogens with two attached hydrogens (primary N) is 1. The van der Waals surface area contributed by atoms with Crippen molar-refractivity contribution in [2.24, 2.45) is 16.6 Å². The lowest BCUT2D eigenvalue weighted by Gasteiger charge is -2.30. The molecule has 3 N–H and O–H groups in total. The zero-order valence-corrected chi connectivity index (χ0v) is 31.1. The van der Waals surface area contributed by atoms with E-state index in [1.54, 1.807) is 49.3 Å². The first-order valence-electron chi connectivity index (χ1n) is 17.2. The Hall–Kier alpha value is -2.27. The number of nitrogens with one attached hydrogen (secondary N) is 1. The van der Waals surface area contributed by atoms with Crippen molar-refractivity contribution in [2.75, 3.05) is 20.1 Å². The van der Waals surface area contributed by atoms with E-state index < -0.39 is 10.0 Å². The first-order chi connectivity index (χ1) is 22.0. The van der Waals surface area contributed by atoms with Crippen LogP contribution in [0.25, 0.3) is 5.57 Å². The molecule has 0 amide bonds. The van der Waals surface area contributed by atoms with Crippen LogP contribution in [0.5, 0.6) is 0 Å². The van der Waals surface area contributed by atoms with E-state index >= 15 is 0 Å². The van der Waals surface area contributed by atoms with Gasteiger partial charge in [-0.2, -0.15) is 0 Å². The number of aliphatic imine (C=N–C) groups is 1. The highest BCUT2D eigenvalue weighted by Gasteiger charge is 2.26. The molecule has 0 bridgehead atoms. The largest absolute Gasteiger partial charge is 0.378 e. The number of amidine groups is 1. The molecule has 1 fully saturated rings. The molecule has 0 saturated heterocycles. The fourth-order valence-electron chi connectivity index (χ4n) is 5.48. The maximum Gasteiger partial charge on any atom is 0.236 e. The molecular weight excluding hydrogens is 613 g/mol.